The molecule has 0 spiro atoms. The normalized spacial score (nSPS) is 14.2. The SMILES string of the molecule is CCCc1nc(OC(=O)Nc2ccccc2)nc(N2CCOCC2)n1. The summed E-state index contributed by atoms with van der Waals surface area (Å²) < 4.78 is 10.6. The number of hydrogen-bond acceptors (Lipinski definition) is 7. The van der Waals surface area contributed by atoms with Crippen LogP contribution in [0.1, 0.15) is 19.2 Å². The Morgan fingerprint density at radius 1 is 1.20 bits per heavy atom. The molecule has 2 aromatic rings. The van der Waals surface area contributed by atoms with Gasteiger partial charge in [-0.2, -0.15) is 15.0 Å². The van der Waals surface area contributed by atoms with E-state index in [9.17, 15) is 4.79 Å². The molecular formula is C17H21N5O3. The molecule has 0 bridgehead atoms. The number of morpholine rings is 1. The molecule has 8 nitrogen and oxygen atoms in total. The number of carbonyl (C=O) groups is 1. The predicted molar refractivity (Wildman–Crippen MR) is 92.9 cm³/mol. The van der Waals surface area contributed by atoms with Crippen LogP contribution >= 0.6 is 0 Å². The topological polar surface area (TPSA) is 89.5 Å². The highest BCUT2D eigenvalue weighted by molar-refractivity contribution is 5.85. The average molecular weight is 343 g/mol. The maximum absolute atomic E-state index is 12.1. The largest absolute Gasteiger partial charge is 0.419 e. The summed E-state index contributed by atoms with van der Waals surface area (Å²) >= 11 is 0. The Kier molecular flexibility index (Phi) is 5.73. The molecule has 3 rings (SSSR count). The molecule has 0 aliphatic carbocycles. The summed E-state index contributed by atoms with van der Waals surface area (Å²) in [7, 11) is 0. The number of aromatic nitrogens is 3. The molecule has 1 aromatic heterocycles. The number of ether oxygens (including phenoxy) is 2. The van der Waals surface area contributed by atoms with E-state index >= 15 is 0 Å². The number of amides is 1. The Bertz CT molecular complexity index is 705. The van der Waals surface area contributed by atoms with Gasteiger partial charge in [0.15, 0.2) is 0 Å². The number of rotatable bonds is 5. The van der Waals surface area contributed by atoms with Gasteiger partial charge in [0.2, 0.25) is 5.95 Å². The Hall–Kier alpha value is -2.74. The predicted octanol–water partition coefficient (Wildman–Crippen LogP) is 2.27. The van der Waals surface area contributed by atoms with Gasteiger partial charge in [0.1, 0.15) is 5.82 Å². The minimum Gasteiger partial charge on any atom is -0.378 e. The van der Waals surface area contributed by atoms with Crippen molar-refractivity contribution in [3.8, 4) is 6.01 Å². The van der Waals surface area contributed by atoms with Gasteiger partial charge in [-0.1, -0.05) is 25.1 Å². The third-order valence-electron chi connectivity index (χ3n) is 3.62. The fraction of sp³-hybridized carbons (Fsp3) is 0.412. The number of carbonyl (C=O) groups excluding carboxylic acids is 1. The van der Waals surface area contributed by atoms with Crippen LogP contribution < -0.4 is 15.0 Å². The molecule has 0 saturated carbocycles. The van der Waals surface area contributed by atoms with E-state index in [2.05, 4.69) is 20.3 Å². The summed E-state index contributed by atoms with van der Waals surface area (Å²) in [5.74, 6) is 1.13. The van der Waals surface area contributed by atoms with E-state index in [0.717, 1.165) is 6.42 Å². The summed E-state index contributed by atoms with van der Waals surface area (Å²) in [6, 6.07) is 9.08. The first kappa shape index (κ1) is 17.1. The summed E-state index contributed by atoms with van der Waals surface area (Å²) in [5.41, 5.74) is 0.642. The molecule has 0 atom stereocenters. The lowest BCUT2D eigenvalue weighted by atomic mass is 10.3. The van der Waals surface area contributed by atoms with Gasteiger partial charge in [0.05, 0.1) is 13.2 Å². The van der Waals surface area contributed by atoms with E-state index in [1.165, 1.54) is 0 Å². The molecule has 0 unspecified atom stereocenters. The monoisotopic (exact) mass is 343 g/mol. The molecule has 1 saturated heterocycles. The van der Waals surface area contributed by atoms with Gasteiger partial charge in [-0.3, -0.25) is 5.32 Å². The first-order valence-corrected chi connectivity index (χ1v) is 8.36. The highest BCUT2D eigenvalue weighted by atomic mass is 16.6. The van der Waals surface area contributed by atoms with Crippen molar-refractivity contribution in [2.75, 3.05) is 36.5 Å². The van der Waals surface area contributed by atoms with Crippen molar-refractivity contribution < 1.29 is 14.3 Å². The summed E-state index contributed by atoms with van der Waals surface area (Å²) in [4.78, 5) is 27.1. The van der Waals surface area contributed by atoms with Gasteiger partial charge in [0, 0.05) is 25.2 Å². The van der Waals surface area contributed by atoms with Crippen molar-refractivity contribution in [2.24, 2.45) is 0 Å². The number of anilines is 2. The Morgan fingerprint density at radius 3 is 2.68 bits per heavy atom. The van der Waals surface area contributed by atoms with E-state index in [1.807, 2.05) is 30.0 Å². The average Bonchev–Trinajstić information content (AvgIpc) is 2.63. The van der Waals surface area contributed by atoms with Crippen molar-refractivity contribution in [2.45, 2.75) is 19.8 Å². The van der Waals surface area contributed by atoms with E-state index in [4.69, 9.17) is 9.47 Å². The minimum atomic E-state index is -0.632. The fourth-order valence-corrected chi connectivity index (χ4v) is 2.42. The third kappa shape index (κ3) is 4.87. The lowest BCUT2D eigenvalue weighted by molar-refractivity contribution is 0.122. The second kappa shape index (κ2) is 8.39. The number of para-hydroxylation sites is 1. The van der Waals surface area contributed by atoms with Gasteiger partial charge in [-0.25, -0.2) is 4.79 Å². The van der Waals surface area contributed by atoms with Crippen LogP contribution in [0.15, 0.2) is 30.3 Å². The minimum absolute atomic E-state index is 0.00775. The van der Waals surface area contributed by atoms with Crippen LogP contribution in [-0.2, 0) is 11.2 Å². The number of nitrogens with one attached hydrogen (secondary N) is 1. The van der Waals surface area contributed by atoms with Crippen LogP contribution in [0.25, 0.3) is 0 Å². The molecule has 0 radical (unpaired) electrons. The lowest BCUT2D eigenvalue weighted by Crippen LogP contribution is -2.37. The van der Waals surface area contributed by atoms with Crippen LogP contribution in [0, 0.1) is 0 Å². The van der Waals surface area contributed by atoms with Gasteiger partial charge in [-0.15, -0.1) is 0 Å². The van der Waals surface area contributed by atoms with Crippen LogP contribution in [0.2, 0.25) is 0 Å². The van der Waals surface area contributed by atoms with Gasteiger partial charge >= 0.3 is 12.1 Å². The quantitative estimate of drug-likeness (QED) is 0.890. The van der Waals surface area contributed by atoms with Crippen LogP contribution in [0.4, 0.5) is 16.4 Å². The smallest absolute Gasteiger partial charge is 0.378 e. The zero-order valence-corrected chi connectivity index (χ0v) is 14.1. The molecule has 1 N–H and O–H groups in total. The van der Waals surface area contributed by atoms with Gasteiger partial charge in [0.25, 0.3) is 0 Å². The zero-order valence-electron chi connectivity index (χ0n) is 14.1. The van der Waals surface area contributed by atoms with E-state index in [1.54, 1.807) is 12.1 Å². The second-order valence-electron chi connectivity index (χ2n) is 5.56. The molecule has 1 fully saturated rings. The Morgan fingerprint density at radius 2 is 1.96 bits per heavy atom. The summed E-state index contributed by atoms with van der Waals surface area (Å²) in [6.07, 6.45) is 0.950. The van der Waals surface area contributed by atoms with Crippen LogP contribution in [-0.4, -0.2) is 47.3 Å². The summed E-state index contributed by atoms with van der Waals surface area (Å²) in [5, 5.41) is 2.65. The number of nitrogens with zero attached hydrogens (tertiary/aromatic N) is 4. The molecule has 1 aliphatic heterocycles. The van der Waals surface area contributed by atoms with E-state index < -0.39 is 6.09 Å². The second-order valence-corrected chi connectivity index (χ2v) is 5.56. The number of aryl methyl sites for hydroxylation is 1. The van der Waals surface area contributed by atoms with Crippen molar-refractivity contribution >= 4 is 17.7 Å². The Labute approximate surface area is 146 Å². The first-order chi connectivity index (χ1) is 12.2. The molecule has 132 valence electrons. The molecule has 1 aliphatic rings. The lowest BCUT2D eigenvalue weighted by Gasteiger charge is -2.26. The molecule has 2 heterocycles. The summed E-state index contributed by atoms with van der Waals surface area (Å²) in [6.45, 7) is 4.69. The van der Waals surface area contributed by atoms with Crippen molar-refractivity contribution in [1.29, 1.82) is 0 Å². The molecule has 25 heavy (non-hydrogen) atoms. The fourth-order valence-electron chi connectivity index (χ4n) is 2.42. The number of hydrogen-bond donors (Lipinski definition) is 1. The maximum atomic E-state index is 12.1. The van der Waals surface area contributed by atoms with Crippen LogP contribution in [0.3, 0.4) is 0 Å². The first-order valence-electron chi connectivity index (χ1n) is 8.36. The van der Waals surface area contributed by atoms with Crippen molar-refractivity contribution in [3.63, 3.8) is 0 Å². The molecule has 1 amide bonds. The van der Waals surface area contributed by atoms with E-state index in [0.29, 0.717) is 50.2 Å². The van der Waals surface area contributed by atoms with Gasteiger partial charge in [-0.05, 0) is 18.6 Å². The zero-order chi connectivity index (χ0) is 17.5. The van der Waals surface area contributed by atoms with Crippen LogP contribution in [0.5, 0.6) is 6.01 Å². The maximum Gasteiger partial charge on any atom is 0.419 e. The standard InChI is InChI=1S/C17H21N5O3/c1-2-6-14-19-15(22-9-11-24-12-10-22)21-16(20-14)25-17(23)18-13-7-4-3-5-8-13/h3-5,7-8H,2,6,9-12H2,1H3,(H,18,23). The van der Waals surface area contributed by atoms with Gasteiger partial charge < -0.3 is 14.4 Å². The van der Waals surface area contributed by atoms with Crippen molar-refractivity contribution in [3.05, 3.63) is 36.2 Å². The highest BCUT2D eigenvalue weighted by Gasteiger charge is 2.18. The van der Waals surface area contributed by atoms with E-state index in [-0.39, 0.29) is 6.01 Å². The molecular weight excluding hydrogens is 322 g/mol. The van der Waals surface area contributed by atoms with Crippen molar-refractivity contribution in [1.82, 2.24) is 15.0 Å². The Balaban J connectivity index is 1.74. The number of benzene rings is 1. The molecule has 8 heteroatoms. The highest BCUT2D eigenvalue weighted by Crippen LogP contribution is 2.15. The third-order valence-corrected chi connectivity index (χ3v) is 3.62. The molecule has 1 aromatic carbocycles.